The summed E-state index contributed by atoms with van der Waals surface area (Å²) >= 11 is 0. The standard InChI is InChI=1S/C14H19NO2/c1-14(2,3)11-9-7-6-8-10(11)12(16)13(17)15(4)5/h6-9H,1-5H3. The van der Waals surface area contributed by atoms with E-state index in [1.54, 1.807) is 26.2 Å². The van der Waals surface area contributed by atoms with Gasteiger partial charge >= 0.3 is 0 Å². The molecule has 17 heavy (non-hydrogen) atoms. The lowest BCUT2D eigenvalue weighted by atomic mass is 9.82. The minimum Gasteiger partial charge on any atom is -0.342 e. The first-order valence-corrected chi connectivity index (χ1v) is 5.60. The molecule has 3 nitrogen and oxygen atoms in total. The van der Waals surface area contributed by atoms with Crippen molar-refractivity contribution in [3.05, 3.63) is 35.4 Å². The third-order valence-corrected chi connectivity index (χ3v) is 2.58. The van der Waals surface area contributed by atoms with E-state index in [2.05, 4.69) is 0 Å². The molecule has 1 rings (SSSR count). The molecule has 0 saturated carbocycles. The molecule has 0 radical (unpaired) electrons. The van der Waals surface area contributed by atoms with Gasteiger partial charge < -0.3 is 4.90 Å². The van der Waals surface area contributed by atoms with E-state index >= 15 is 0 Å². The zero-order valence-corrected chi connectivity index (χ0v) is 11.1. The van der Waals surface area contributed by atoms with Crippen molar-refractivity contribution < 1.29 is 9.59 Å². The number of hydrogen-bond donors (Lipinski definition) is 0. The van der Waals surface area contributed by atoms with Crippen molar-refractivity contribution >= 4 is 11.7 Å². The van der Waals surface area contributed by atoms with E-state index in [4.69, 9.17) is 0 Å². The highest BCUT2D eigenvalue weighted by atomic mass is 16.2. The maximum absolute atomic E-state index is 12.1. The monoisotopic (exact) mass is 233 g/mol. The summed E-state index contributed by atoms with van der Waals surface area (Å²) in [6.07, 6.45) is 0. The number of carbonyl (C=O) groups excluding carboxylic acids is 2. The van der Waals surface area contributed by atoms with Crippen LogP contribution in [0.4, 0.5) is 0 Å². The number of benzene rings is 1. The molecular weight excluding hydrogens is 214 g/mol. The molecule has 0 aromatic heterocycles. The minimum atomic E-state index is -0.485. The molecule has 0 saturated heterocycles. The first kappa shape index (κ1) is 13.4. The molecule has 92 valence electrons. The highest BCUT2D eigenvalue weighted by molar-refractivity contribution is 6.43. The van der Waals surface area contributed by atoms with Crippen LogP contribution in [0.5, 0.6) is 0 Å². The van der Waals surface area contributed by atoms with E-state index in [1.807, 2.05) is 32.9 Å². The summed E-state index contributed by atoms with van der Waals surface area (Å²) < 4.78 is 0. The largest absolute Gasteiger partial charge is 0.342 e. The van der Waals surface area contributed by atoms with Crippen molar-refractivity contribution in [1.29, 1.82) is 0 Å². The van der Waals surface area contributed by atoms with Gasteiger partial charge in [-0.1, -0.05) is 45.0 Å². The van der Waals surface area contributed by atoms with Crippen molar-refractivity contribution in [1.82, 2.24) is 4.90 Å². The molecule has 1 amide bonds. The van der Waals surface area contributed by atoms with Crippen LogP contribution >= 0.6 is 0 Å². The Morgan fingerprint density at radius 1 is 1.06 bits per heavy atom. The van der Waals surface area contributed by atoms with Crippen LogP contribution in [0.25, 0.3) is 0 Å². The average molecular weight is 233 g/mol. The Kier molecular flexibility index (Phi) is 3.71. The van der Waals surface area contributed by atoms with Gasteiger partial charge in [0.05, 0.1) is 0 Å². The van der Waals surface area contributed by atoms with Crippen molar-refractivity contribution in [2.24, 2.45) is 0 Å². The minimum absolute atomic E-state index is 0.154. The zero-order valence-electron chi connectivity index (χ0n) is 11.1. The summed E-state index contributed by atoms with van der Waals surface area (Å²) in [5, 5.41) is 0. The van der Waals surface area contributed by atoms with Gasteiger partial charge in [0.15, 0.2) is 0 Å². The molecule has 0 aliphatic carbocycles. The van der Waals surface area contributed by atoms with Gasteiger partial charge in [-0.15, -0.1) is 0 Å². The molecule has 0 unspecified atom stereocenters. The lowest BCUT2D eigenvalue weighted by Crippen LogP contribution is -2.31. The lowest BCUT2D eigenvalue weighted by molar-refractivity contribution is -0.124. The summed E-state index contributed by atoms with van der Waals surface area (Å²) in [6.45, 7) is 6.08. The number of hydrogen-bond acceptors (Lipinski definition) is 2. The Balaban J connectivity index is 3.24. The lowest BCUT2D eigenvalue weighted by Gasteiger charge is -2.22. The van der Waals surface area contributed by atoms with Gasteiger partial charge in [0, 0.05) is 19.7 Å². The summed E-state index contributed by atoms with van der Waals surface area (Å²) in [5.41, 5.74) is 1.25. The molecule has 0 aliphatic heterocycles. The van der Waals surface area contributed by atoms with Crippen LogP contribution < -0.4 is 0 Å². The van der Waals surface area contributed by atoms with Crippen LogP contribution in [0.2, 0.25) is 0 Å². The van der Waals surface area contributed by atoms with Gasteiger partial charge in [-0.2, -0.15) is 0 Å². The van der Waals surface area contributed by atoms with Crippen LogP contribution in [0.15, 0.2) is 24.3 Å². The molecule has 1 aromatic carbocycles. The highest BCUT2D eigenvalue weighted by Crippen LogP contribution is 2.26. The van der Waals surface area contributed by atoms with E-state index in [0.29, 0.717) is 5.56 Å². The number of ketones is 1. The van der Waals surface area contributed by atoms with E-state index in [-0.39, 0.29) is 5.41 Å². The van der Waals surface area contributed by atoms with Crippen LogP contribution in [-0.4, -0.2) is 30.7 Å². The second-order valence-electron chi connectivity index (χ2n) is 5.32. The fourth-order valence-electron chi connectivity index (χ4n) is 1.65. The number of carbonyl (C=O) groups is 2. The Morgan fingerprint density at radius 2 is 1.59 bits per heavy atom. The topological polar surface area (TPSA) is 37.4 Å². The van der Waals surface area contributed by atoms with E-state index in [9.17, 15) is 9.59 Å². The van der Waals surface area contributed by atoms with Gasteiger partial charge in [-0.3, -0.25) is 9.59 Å². The summed E-state index contributed by atoms with van der Waals surface area (Å²) in [6, 6.07) is 7.28. The molecule has 0 N–H and O–H groups in total. The average Bonchev–Trinajstić information content (AvgIpc) is 2.25. The SMILES string of the molecule is CN(C)C(=O)C(=O)c1ccccc1C(C)(C)C. The Morgan fingerprint density at radius 3 is 2.06 bits per heavy atom. The first-order valence-electron chi connectivity index (χ1n) is 5.60. The van der Waals surface area contributed by atoms with Crippen molar-refractivity contribution in [3.8, 4) is 0 Å². The Hall–Kier alpha value is -1.64. The van der Waals surface area contributed by atoms with Crippen molar-refractivity contribution in [2.45, 2.75) is 26.2 Å². The van der Waals surface area contributed by atoms with Gasteiger partial charge in [0.25, 0.3) is 11.7 Å². The fourth-order valence-corrected chi connectivity index (χ4v) is 1.65. The normalized spacial score (nSPS) is 11.1. The number of Topliss-reactive ketones (excluding diaryl/α,β-unsaturated/α-hetero) is 1. The predicted molar refractivity (Wildman–Crippen MR) is 68.2 cm³/mol. The maximum atomic E-state index is 12.1. The van der Waals surface area contributed by atoms with Gasteiger partial charge in [-0.05, 0) is 11.0 Å². The van der Waals surface area contributed by atoms with Crippen molar-refractivity contribution in [2.75, 3.05) is 14.1 Å². The number of amides is 1. The van der Waals surface area contributed by atoms with Crippen LogP contribution in [0, 0.1) is 0 Å². The zero-order chi connectivity index (χ0) is 13.2. The Labute approximate surface area is 102 Å². The summed E-state index contributed by atoms with van der Waals surface area (Å²) in [7, 11) is 3.17. The van der Waals surface area contributed by atoms with E-state index in [0.717, 1.165) is 5.56 Å². The molecule has 0 atom stereocenters. The van der Waals surface area contributed by atoms with Crippen LogP contribution in [-0.2, 0) is 10.2 Å². The van der Waals surface area contributed by atoms with Gasteiger partial charge in [-0.25, -0.2) is 0 Å². The second kappa shape index (κ2) is 4.70. The number of nitrogens with zero attached hydrogens (tertiary/aromatic N) is 1. The van der Waals surface area contributed by atoms with Crippen LogP contribution in [0.1, 0.15) is 36.7 Å². The smallest absolute Gasteiger partial charge is 0.294 e. The third kappa shape index (κ3) is 2.93. The highest BCUT2D eigenvalue weighted by Gasteiger charge is 2.25. The molecule has 0 bridgehead atoms. The summed E-state index contributed by atoms with van der Waals surface area (Å²) in [5.74, 6) is -0.928. The molecule has 3 heteroatoms. The Bertz CT molecular complexity index is 442. The maximum Gasteiger partial charge on any atom is 0.294 e. The van der Waals surface area contributed by atoms with E-state index in [1.165, 1.54) is 4.90 Å². The van der Waals surface area contributed by atoms with Crippen molar-refractivity contribution in [3.63, 3.8) is 0 Å². The first-order chi connectivity index (χ1) is 7.75. The van der Waals surface area contributed by atoms with E-state index < -0.39 is 11.7 Å². The quantitative estimate of drug-likeness (QED) is 0.580. The molecule has 0 heterocycles. The molecule has 0 aliphatic rings. The fraction of sp³-hybridized carbons (Fsp3) is 0.429. The molecule has 0 fully saturated rings. The molecule has 0 spiro atoms. The molecular formula is C14H19NO2. The molecule has 1 aromatic rings. The summed E-state index contributed by atoms with van der Waals surface area (Å²) in [4.78, 5) is 25.1. The predicted octanol–water partition coefficient (Wildman–Crippen LogP) is 2.25. The second-order valence-corrected chi connectivity index (χ2v) is 5.32. The van der Waals surface area contributed by atoms with Gasteiger partial charge in [0.2, 0.25) is 0 Å². The van der Waals surface area contributed by atoms with Crippen LogP contribution in [0.3, 0.4) is 0 Å². The number of rotatable bonds is 2. The van der Waals surface area contributed by atoms with Gasteiger partial charge in [0.1, 0.15) is 0 Å². The third-order valence-electron chi connectivity index (χ3n) is 2.58. The number of likely N-dealkylation sites (N-methyl/N-ethyl adjacent to an activating group) is 1.